The topological polar surface area (TPSA) is 42.2 Å². The smallest absolute Gasteiger partial charge is 0.229 e. The molecule has 1 N–H and O–H groups in total. The van der Waals surface area contributed by atoms with E-state index in [4.69, 9.17) is 4.42 Å². The summed E-state index contributed by atoms with van der Waals surface area (Å²) in [6, 6.07) is 7.46. The highest BCUT2D eigenvalue weighted by molar-refractivity contribution is 9.10. The molecule has 0 aliphatic carbocycles. The minimum atomic E-state index is -0.0987. The van der Waals surface area contributed by atoms with Crippen LogP contribution in [-0.2, 0) is 6.42 Å². The predicted molar refractivity (Wildman–Crippen MR) is 68.5 cm³/mol. The first-order valence-corrected chi connectivity index (χ1v) is 6.19. The van der Waals surface area contributed by atoms with Gasteiger partial charge in [0.2, 0.25) is 5.78 Å². The van der Waals surface area contributed by atoms with Gasteiger partial charge in [-0.1, -0.05) is 12.1 Å². The first-order chi connectivity index (χ1) is 8.25. The number of rotatable bonds is 2. The first-order valence-electron chi connectivity index (χ1n) is 5.40. The minimum absolute atomic E-state index is 0.0987. The number of benzene rings is 1. The van der Waals surface area contributed by atoms with Crippen LogP contribution >= 0.6 is 15.9 Å². The maximum Gasteiger partial charge on any atom is 0.229 e. The van der Waals surface area contributed by atoms with Gasteiger partial charge in [0, 0.05) is 17.8 Å². The summed E-state index contributed by atoms with van der Waals surface area (Å²) >= 11 is 3.30. The van der Waals surface area contributed by atoms with E-state index in [-0.39, 0.29) is 5.78 Å². The normalized spacial score (nSPS) is 13.2. The van der Waals surface area contributed by atoms with Crippen LogP contribution in [0.3, 0.4) is 0 Å². The molecule has 2 heterocycles. The van der Waals surface area contributed by atoms with Gasteiger partial charge in [-0.05, 0) is 40.0 Å². The number of hydrogen-bond acceptors (Lipinski definition) is 3. The number of carbonyl (C=O) groups excluding carboxylic acids is 1. The van der Waals surface area contributed by atoms with Crippen molar-refractivity contribution in [3.8, 4) is 0 Å². The van der Waals surface area contributed by atoms with Gasteiger partial charge in [-0.25, -0.2) is 0 Å². The van der Waals surface area contributed by atoms with E-state index in [9.17, 15) is 4.79 Å². The van der Waals surface area contributed by atoms with E-state index in [1.54, 1.807) is 6.07 Å². The molecule has 0 spiro atoms. The molecule has 0 amide bonds. The number of furan rings is 1. The molecule has 0 saturated carbocycles. The Morgan fingerprint density at radius 1 is 1.35 bits per heavy atom. The van der Waals surface area contributed by atoms with E-state index in [2.05, 4.69) is 21.2 Å². The zero-order valence-electron chi connectivity index (χ0n) is 9.00. The molecule has 4 heteroatoms. The third kappa shape index (κ3) is 1.78. The second-order valence-corrected chi connectivity index (χ2v) is 4.83. The van der Waals surface area contributed by atoms with E-state index >= 15 is 0 Å². The van der Waals surface area contributed by atoms with Gasteiger partial charge in [0.1, 0.15) is 0 Å². The van der Waals surface area contributed by atoms with Crippen LogP contribution in [0.15, 0.2) is 39.4 Å². The summed E-state index contributed by atoms with van der Waals surface area (Å²) in [6.07, 6.45) is 2.52. The SMILES string of the molecule is O=C(c1ccc2c(c1)NCC2)c1occc1Br. The van der Waals surface area contributed by atoms with E-state index < -0.39 is 0 Å². The van der Waals surface area contributed by atoms with Gasteiger partial charge in [0.25, 0.3) is 0 Å². The van der Waals surface area contributed by atoms with Gasteiger partial charge in [-0.2, -0.15) is 0 Å². The molecule has 0 bridgehead atoms. The van der Waals surface area contributed by atoms with E-state index in [1.165, 1.54) is 11.8 Å². The Kier molecular flexibility index (Phi) is 2.52. The molecule has 1 aliphatic heterocycles. The van der Waals surface area contributed by atoms with E-state index in [1.807, 2.05) is 18.2 Å². The van der Waals surface area contributed by atoms with Crippen LogP contribution in [-0.4, -0.2) is 12.3 Å². The molecular formula is C13H10BrNO2. The van der Waals surface area contributed by atoms with Crippen molar-refractivity contribution in [2.45, 2.75) is 6.42 Å². The third-order valence-corrected chi connectivity index (χ3v) is 3.53. The molecule has 0 saturated heterocycles. The molecule has 2 aromatic rings. The van der Waals surface area contributed by atoms with Crippen LogP contribution in [0.25, 0.3) is 0 Å². The molecule has 1 aromatic heterocycles. The molecule has 3 nitrogen and oxygen atoms in total. The molecule has 0 atom stereocenters. The molecule has 0 unspecified atom stereocenters. The third-order valence-electron chi connectivity index (χ3n) is 2.91. The van der Waals surface area contributed by atoms with Crippen molar-refractivity contribution in [1.29, 1.82) is 0 Å². The summed E-state index contributed by atoms with van der Waals surface area (Å²) in [6.45, 7) is 0.942. The van der Waals surface area contributed by atoms with Crippen molar-refractivity contribution in [1.82, 2.24) is 0 Å². The van der Waals surface area contributed by atoms with Crippen LogP contribution in [0.5, 0.6) is 0 Å². The molecule has 0 fully saturated rings. The number of halogens is 1. The van der Waals surface area contributed by atoms with Crippen LogP contribution in [0.1, 0.15) is 21.7 Å². The number of nitrogens with one attached hydrogen (secondary N) is 1. The van der Waals surface area contributed by atoms with Crippen LogP contribution in [0.2, 0.25) is 0 Å². The molecule has 1 aliphatic rings. The van der Waals surface area contributed by atoms with Gasteiger partial charge < -0.3 is 9.73 Å². The van der Waals surface area contributed by atoms with Crippen LogP contribution in [0.4, 0.5) is 5.69 Å². The summed E-state index contributed by atoms with van der Waals surface area (Å²) in [5.41, 5.74) is 2.97. The van der Waals surface area contributed by atoms with Gasteiger partial charge in [0.05, 0.1) is 10.7 Å². The molecule has 3 rings (SSSR count). The van der Waals surface area contributed by atoms with Gasteiger partial charge in [-0.3, -0.25) is 4.79 Å². The molecule has 1 aromatic carbocycles. The van der Waals surface area contributed by atoms with Crippen molar-refractivity contribution in [2.75, 3.05) is 11.9 Å². The van der Waals surface area contributed by atoms with Crippen molar-refractivity contribution in [3.63, 3.8) is 0 Å². The van der Waals surface area contributed by atoms with E-state index in [0.717, 1.165) is 18.7 Å². The Balaban J connectivity index is 2.00. The van der Waals surface area contributed by atoms with Crippen LogP contribution < -0.4 is 5.32 Å². The van der Waals surface area contributed by atoms with Crippen molar-refractivity contribution in [3.05, 3.63) is 51.9 Å². The Morgan fingerprint density at radius 3 is 3.00 bits per heavy atom. The molecule has 86 valence electrons. The number of hydrogen-bond donors (Lipinski definition) is 1. The molecular weight excluding hydrogens is 282 g/mol. The van der Waals surface area contributed by atoms with Crippen molar-refractivity contribution >= 4 is 27.4 Å². The van der Waals surface area contributed by atoms with Gasteiger partial charge >= 0.3 is 0 Å². The Morgan fingerprint density at radius 2 is 2.24 bits per heavy atom. The Hall–Kier alpha value is -1.55. The summed E-state index contributed by atoms with van der Waals surface area (Å²) in [5.74, 6) is 0.251. The lowest BCUT2D eigenvalue weighted by Crippen LogP contribution is -2.01. The summed E-state index contributed by atoms with van der Waals surface area (Å²) in [7, 11) is 0. The maximum absolute atomic E-state index is 12.2. The highest BCUT2D eigenvalue weighted by Gasteiger charge is 2.18. The highest BCUT2D eigenvalue weighted by Crippen LogP contribution is 2.26. The van der Waals surface area contributed by atoms with Crippen molar-refractivity contribution in [2.24, 2.45) is 0 Å². The summed E-state index contributed by atoms with van der Waals surface area (Å²) < 4.78 is 5.87. The number of carbonyl (C=O) groups is 1. The number of fused-ring (bicyclic) bond motifs is 1. The summed E-state index contributed by atoms with van der Waals surface area (Å²) in [5, 5.41) is 3.26. The zero-order chi connectivity index (χ0) is 11.8. The van der Waals surface area contributed by atoms with Gasteiger partial charge in [-0.15, -0.1) is 0 Å². The lowest BCUT2D eigenvalue weighted by molar-refractivity contribution is 0.101. The van der Waals surface area contributed by atoms with Gasteiger partial charge in [0.15, 0.2) is 5.76 Å². The monoisotopic (exact) mass is 291 g/mol. The van der Waals surface area contributed by atoms with E-state index in [0.29, 0.717) is 15.8 Å². The lowest BCUT2D eigenvalue weighted by atomic mass is 10.0. The highest BCUT2D eigenvalue weighted by atomic mass is 79.9. The molecule has 0 radical (unpaired) electrons. The largest absolute Gasteiger partial charge is 0.460 e. The van der Waals surface area contributed by atoms with Crippen LogP contribution in [0, 0.1) is 0 Å². The lowest BCUT2D eigenvalue weighted by Gasteiger charge is -2.03. The molecule has 17 heavy (non-hydrogen) atoms. The fraction of sp³-hybridized carbons (Fsp3) is 0.154. The Bertz CT molecular complexity index is 589. The zero-order valence-corrected chi connectivity index (χ0v) is 10.6. The average Bonchev–Trinajstić information content (AvgIpc) is 2.95. The fourth-order valence-corrected chi connectivity index (χ4v) is 2.40. The van der Waals surface area contributed by atoms with Crippen molar-refractivity contribution < 1.29 is 9.21 Å². The first kappa shape index (κ1) is 10.6. The number of ketones is 1. The second kappa shape index (κ2) is 4.04. The number of anilines is 1. The fourth-order valence-electron chi connectivity index (χ4n) is 2.02. The quantitative estimate of drug-likeness (QED) is 0.864. The predicted octanol–water partition coefficient (Wildman–Crippen LogP) is 3.24. The summed E-state index contributed by atoms with van der Waals surface area (Å²) in [4.78, 5) is 12.2. The second-order valence-electron chi connectivity index (χ2n) is 3.98. The standard InChI is InChI=1S/C13H10BrNO2/c14-10-4-6-17-13(10)12(16)9-2-1-8-3-5-15-11(8)7-9/h1-2,4,6-7,15H,3,5H2. The maximum atomic E-state index is 12.2. The Labute approximate surface area is 107 Å². The minimum Gasteiger partial charge on any atom is -0.460 e. The average molecular weight is 292 g/mol.